The Kier molecular flexibility index (Phi) is 6.27. The van der Waals surface area contributed by atoms with Gasteiger partial charge in [0.15, 0.2) is 5.82 Å². The molecule has 5 heterocycles. The molecule has 0 radical (unpaired) electrons. The van der Waals surface area contributed by atoms with E-state index < -0.39 is 11.9 Å². The van der Waals surface area contributed by atoms with Crippen LogP contribution >= 0.6 is 11.6 Å². The highest BCUT2D eigenvalue weighted by Gasteiger charge is 2.42. The lowest BCUT2D eigenvalue weighted by atomic mass is 9.92. The zero-order valence-electron chi connectivity index (χ0n) is 20.5. The van der Waals surface area contributed by atoms with Gasteiger partial charge in [0.1, 0.15) is 12.2 Å². The number of halogens is 2. The molecule has 0 aliphatic carbocycles. The van der Waals surface area contributed by atoms with Gasteiger partial charge in [0.2, 0.25) is 5.91 Å². The summed E-state index contributed by atoms with van der Waals surface area (Å²) in [6.07, 6.45) is 7.26. The highest BCUT2D eigenvalue weighted by Crippen LogP contribution is 2.44. The molecule has 198 valence electrons. The van der Waals surface area contributed by atoms with E-state index in [9.17, 15) is 9.59 Å². The number of pyridine rings is 1. The van der Waals surface area contributed by atoms with Crippen molar-refractivity contribution in [2.24, 2.45) is 0 Å². The number of ether oxygens (including phenoxy) is 1. The van der Waals surface area contributed by atoms with Crippen LogP contribution in [0.15, 0.2) is 49.1 Å². The second-order valence-corrected chi connectivity index (χ2v) is 9.51. The van der Waals surface area contributed by atoms with Crippen molar-refractivity contribution in [3.8, 4) is 17.1 Å². The van der Waals surface area contributed by atoms with Gasteiger partial charge in [-0.05, 0) is 59.5 Å². The number of methoxy groups -OCH3 is 1. The van der Waals surface area contributed by atoms with Gasteiger partial charge >= 0.3 is 6.09 Å². The molecule has 4 aromatic rings. The Balaban J connectivity index is 1.25. The van der Waals surface area contributed by atoms with Gasteiger partial charge in [-0.25, -0.2) is 14.2 Å². The van der Waals surface area contributed by atoms with E-state index in [1.54, 1.807) is 29.3 Å². The number of imidazole rings is 1. The highest BCUT2D eigenvalue weighted by atomic mass is 35.5. The minimum atomic E-state index is -0.623. The number of hydrogen-bond acceptors (Lipinski definition) is 8. The molecular weight excluding hydrogens is 529 g/mol. The lowest BCUT2D eigenvalue weighted by Gasteiger charge is -2.33. The first kappa shape index (κ1) is 24.7. The van der Waals surface area contributed by atoms with Crippen LogP contribution in [-0.4, -0.2) is 65.2 Å². The van der Waals surface area contributed by atoms with Crippen molar-refractivity contribution in [2.75, 3.05) is 12.4 Å². The van der Waals surface area contributed by atoms with Gasteiger partial charge in [-0.15, -0.1) is 5.10 Å². The summed E-state index contributed by atoms with van der Waals surface area (Å²) in [5.74, 6) is -0.220. The lowest BCUT2D eigenvalue weighted by molar-refractivity contribution is -0.129. The van der Waals surface area contributed by atoms with Crippen LogP contribution in [0.5, 0.6) is 0 Å². The third kappa shape index (κ3) is 4.50. The molecule has 1 fully saturated rings. The molecule has 1 unspecified atom stereocenters. The summed E-state index contributed by atoms with van der Waals surface area (Å²) in [6.45, 7) is 0. The topological polar surface area (TPSA) is 144 Å². The van der Waals surface area contributed by atoms with Gasteiger partial charge in [0, 0.05) is 17.7 Å². The van der Waals surface area contributed by atoms with Gasteiger partial charge in [-0.3, -0.25) is 15.1 Å². The number of anilines is 1. The fraction of sp³-hybridized carbons (Fsp3) is 0.240. The molecule has 0 saturated carbocycles. The number of carbonyl (C=O) groups is 2. The number of tetrazole rings is 1. The smallest absolute Gasteiger partial charge is 0.411 e. The van der Waals surface area contributed by atoms with Crippen molar-refractivity contribution in [3.63, 3.8) is 0 Å². The Morgan fingerprint density at radius 3 is 2.82 bits per heavy atom. The van der Waals surface area contributed by atoms with Crippen LogP contribution in [0.1, 0.15) is 36.7 Å². The normalized spacial score (nSPS) is 18.6. The lowest BCUT2D eigenvalue weighted by Crippen LogP contribution is -2.39. The fourth-order valence-electron chi connectivity index (χ4n) is 5.14. The van der Waals surface area contributed by atoms with Crippen LogP contribution in [0.3, 0.4) is 0 Å². The van der Waals surface area contributed by atoms with E-state index in [1.165, 1.54) is 36.5 Å². The predicted octanol–water partition coefficient (Wildman–Crippen LogP) is 3.94. The number of H-pyrrole nitrogens is 1. The molecule has 1 aromatic carbocycles. The Bertz CT molecular complexity index is 1590. The SMILES string of the molecule is COC(=O)Nc1ccc(-c2cnc([C@@H]3CCC4CC(c5c(-n6cnnn6)ccc(Cl)c5F)=CC(=O)N43)[nH]2)nc1. The maximum atomic E-state index is 15.3. The van der Waals surface area contributed by atoms with Crippen molar-refractivity contribution < 1.29 is 18.7 Å². The van der Waals surface area contributed by atoms with Gasteiger partial charge in [0.05, 0.1) is 53.3 Å². The molecule has 2 aliphatic heterocycles. The van der Waals surface area contributed by atoms with Crippen LogP contribution in [-0.2, 0) is 9.53 Å². The molecule has 2 aliphatic rings. The average molecular weight is 550 g/mol. The Hall–Kier alpha value is -4.65. The van der Waals surface area contributed by atoms with E-state index in [0.717, 1.165) is 6.42 Å². The predicted molar refractivity (Wildman–Crippen MR) is 137 cm³/mol. The highest BCUT2D eigenvalue weighted by molar-refractivity contribution is 6.31. The van der Waals surface area contributed by atoms with Crippen molar-refractivity contribution in [1.82, 2.24) is 40.1 Å². The molecule has 1 saturated heterocycles. The number of nitrogens with zero attached hydrogens (tertiary/aromatic N) is 7. The third-order valence-electron chi connectivity index (χ3n) is 6.88. The molecule has 12 nitrogen and oxygen atoms in total. The van der Waals surface area contributed by atoms with Crippen molar-refractivity contribution in [2.45, 2.75) is 31.3 Å². The van der Waals surface area contributed by atoms with Crippen LogP contribution < -0.4 is 5.32 Å². The molecular formula is C25H21ClFN9O3. The van der Waals surface area contributed by atoms with Crippen molar-refractivity contribution in [1.29, 1.82) is 0 Å². The maximum Gasteiger partial charge on any atom is 0.411 e. The summed E-state index contributed by atoms with van der Waals surface area (Å²) in [6, 6.07) is 6.10. The summed E-state index contributed by atoms with van der Waals surface area (Å²) < 4.78 is 21.2. The van der Waals surface area contributed by atoms with Crippen molar-refractivity contribution in [3.05, 3.63) is 71.3 Å². The molecule has 2 atom stereocenters. The Morgan fingerprint density at radius 1 is 1.21 bits per heavy atom. The number of aromatic nitrogens is 7. The van der Waals surface area contributed by atoms with E-state index in [1.807, 2.05) is 0 Å². The summed E-state index contributed by atoms with van der Waals surface area (Å²) >= 11 is 6.11. The summed E-state index contributed by atoms with van der Waals surface area (Å²) in [7, 11) is 1.28. The Morgan fingerprint density at radius 2 is 2.08 bits per heavy atom. The summed E-state index contributed by atoms with van der Waals surface area (Å²) in [5, 5.41) is 13.7. The molecule has 2 N–H and O–H groups in total. The average Bonchev–Trinajstić information content (AvgIpc) is 3.71. The number of amides is 2. The van der Waals surface area contributed by atoms with E-state index >= 15 is 4.39 Å². The standard InChI is InChI=1S/C25H21ClFN9O3/c1-39-25(38)31-14-2-5-17(28-10-14)18-11-29-24(32-18)20-6-3-15-8-13(9-21(37)36(15)20)22-19(35-12-30-33-34-35)7-4-16(26)23(22)27/h2,4-5,7,9-12,15,20H,3,6,8H2,1H3,(H,29,32)(H,31,38)/t15?,20-/m0/s1. The number of fused-ring (bicyclic) bond motifs is 1. The van der Waals surface area contributed by atoms with E-state index in [4.69, 9.17) is 11.6 Å². The number of carbonyl (C=O) groups excluding carboxylic acids is 2. The number of nitrogens with one attached hydrogen (secondary N) is 2. The van der Waals surface area contributed by atoms with E-state index in [-0.39, 0.29) is 28.6 Å². The number of aromatic amines is 1. The molecule has 39 heavy (non-hydrogen) atoms. The molecule has 3 aromatic heterocycles. The van der Waals surface area contributed by atoms with Crippen LogP contribution in [0.25, 0.3) is 22.6 Å². The second kappa shape index (κ2) is 9.91. The zero-order valence-corrected chi connectivity index (χ0v) is 21.3. The quantitative estimate of drug-likeness (QED) is 0.381. The summed E-state index contributed by atoms with van der Waals surface area (Å²) in [5.41, 5.74) is 2.94. The van der Waals surface area contributed by atoms with Gasteiger partial charge in [-0.1, -0.05) is 11.6 Å². The second-order valence-electron chi connectivity index (χ2n) is 9.11. The maximum absolute atomic E-state index is 15.3. The molecule has 0 spiro atoms. The van der Waals surface area contributed by atoms with Crippen LogP contribution in [0, 0.1) is 5.82 Å². The largest absolute Gasteiger partial charge is 0.453 e. The van der Waals surface area contributed by atoms with Gasteiger partial charge in [0.25, 0.3) is 0 Å². The summed E-state index contributed by atoms with van der Waals surface area (Å²) in [4.78, 5) is 38.8. The number of hydrogen-bond donors (Lipinski definition) is 2. The van der Waals surface area contributed by atoms with Crippen LogP contribution in [0.2, 0.25) is 5.02 Å². The first-order valence-corrected chi connectivity index (χ1v) is 12.4. The first-order valence-electron chi connectivity index (χ1n) is 12.0. The zero-order chi connectivity index (χ0) is 27.1. The molecule has 6 rings (SSSR count). The van der Waals surface area contributed by atoms with Gasteiger partial charge < -0.3 is 14.6 Å². The monoisotopic (exact) mass is 549 g/mol. The first-order chi connectivity index (χ1) is 18.9. The molecule has 0 bridgehead atoms. The molecule has 2 amide bonds. The molecule has 14 heteroatoms. The van der Waals surface area contributed by atoms with Crippen molar-refractivity contribution >= 4 is 34.9 Å². The van der Waals surface area contributed by atoms with Crippen LogP contribution in [0.4, 0.5) is 14.9 Å². The number of rotatable bonds is 5. The number of benzene rings is 1. The minimum Gasteiger partial charge on any atom is -0.453 e. The van der Waals surface area contributed by atoms with E-state index in [0.29, 0.717) is 47.0 Å². The minimum absolute atomic E-state index is 0.0484. The van der Waals surface area contributed by atoms with E-state index in [2.05, 4.69) is 40.5 Å². The Labute approximate surface area is 225 Å². The fourth-order valence-corrected chi connectivity index (χ4v) is 5.29. The third-order valence-corrected chi connectivity index (χ3v) is 7.17. The van der Waals surface area contributed by atoms with Gasteiger partial charge in [-0.2, -0.15) is 4.68 Å².